The molecule has 1 aliphatic heterocycles. The van der Waals surface area contributed by atoms with Gasteiger partial charge in [-0.1, -0.05) is 11.6 Å². The Bertz CT molecular complexity index is 353. The Hall–Kier alpha value is -0.740. The van der Waals surface area contributed by atoms with Crippen LogP contribution in [0.3, 0.4) is 0 Å². The number of hydrogen-bond acceptors (Lipinski definition) is 3. The lowest BCUT2D eigenvalue weighted by molar-refractivity contribution is 0.190. The number of aromatic nitrogens is 2. The molecule has 1 atom stereocenters. The summed E-state index contributed by atoms with van der Waals surface area (Å²) >= 11 is 6.14. The molecule has 1 fully saturated rings. The van der Waals surface area contributed by atoms with Crippen LogP contribution >= 0.6 is 11.6 Å². The van der Waals surface area contributed by atoms with Gasteiger partial charge < -0.3 is 9.64 Å². The van der Waals surface area contributed by atoms with E-state index in [1.807, 2.05) is 4.68 Å². The van der Waals surface area contributed by atoms with Crippen molar-refractivity contribution in [3.63, 3.8) is 0 Å². The third kappa shape index (κ3) is 2.50. The summed E-state index contributed by atoms with van der Waals surface area (Å²) in [6.07, 6.45) is 4.19. The summed E-state index contributed by atoms with van der Waals surface area (Å²) in [5, 5.41) is 4.85. The molecule has 0 spiro atoms. The minimum absolute atomic E-state index is 0.607. The first kappa shape index (κ1) is 11.7. The van der Waals surface area contributed by atoms with E-state index in [0.29, 0.717) is 16.8 Å². The zero-order valence-electron chi connectivity index (χ0n) is 9.82. The molecule has 0 amide bonds. The lowest BCUT2D eigenvalue weighted by atomic mass is 9.99. The lowest BCUT2D eigenvalue weighted by Gasteiger charge is -2.29. The predicted molar refractivity (Wildman–Crippen MR) is 64.0 cm³/mol. The largest absolute Gasteiger partial charge is 0.492 e. The minimum Gasteiger partial charge on any atom is -0.492 e. The third-order valence-electron chi connectivity index (χ3n) is 3.12. The molecule has 0 bridgehead atoms. The maximum absolute atomic E-state index is 6.14. The monoisotopic (exact) mass is 243 g/mol. The van der Waals surface area contributed by atoms with Gasteiger partial charge >= 0.3 is 0 Å². The van der Waals surface area contributed by atoms with E-state index in [1.54, 1.807) is 13.3 Å². The second-order valence-electron chi connectivity index (χ2n) is 4.46. The Labute approximate surface area is 101 Å². The summed E-state index contributed by atoms with van der Waals surface area (Å²) < 4.78 is 6.95. The van der Waals surface area contributed by atoms with E-state index < -0.39 is 0 Å². The maximum atomic E-state index is 6.14. The van der Waals surface area contributed by atoms with Crippen molar-refractivity contribution in [1.29, 1.82) is 0 Å². The van der Waals surface area contributed by atoms with Crippen LogP contribution in [0.5, 0.6) is 5.75 Å². The van der Waals surface area contributed by atoms with Gasteiger partial charge in [0.15, 0.2) is 10.9 Å². The molecule has 1 aliphatic rings. The highest BCUT2D eigenvalue weighted by atomic mass is 35.5. The molecular formula is C11H18ClN3O. The lowest BCUT2D eigenvalue weighted by Crippen LogP contribution is -2.34. The normalized spacial score (nSPS) is 22.3. The molecule has 90 valence electrons. The van der Waals surface area contributed by atoms with Crippen molar-refractivity contribution in [3.05, 3.63) is 11.3 Å². The fraction of sp³-hybridized carbons (Fsp3) is 0.727. The van der Waals surface area contributed by atoms with Gasteiger partial charge in [-0.3, -0.25) is 4.68 Å². The molecule has 0 aliphatic carbocycles. The van der Waals surface area contributed by atoms with Gasteiger partial charge in [0.2, 0.25) is 0 Å². The maximum Gasteiger partial charge on any atom is 0.175 e. The first-order valence-corrected chi connectivity index (χ1v) is 6.02. The van der Waals surface area contributed by atoms with Gasteiger partial charge in [-0.15, -0.1) is 0 Å². The molecule has 0 N–H and O–H groups in total. The highest BCUT2D eigenvalue weighted by Gasteiger charge is 2.19. The zero-order chi connectivity index (χ0) is 11.5. The molecule has 0 aromatic carbocycles. The molecule has 1 aromatic heterocycles. The standard InChI is InChI=1S/C11H18ClN3O/c1-14-5-3-4-9(7-14)8-15-11(12)10(16-2)6-13-15/h6,9H,3-5,7-8H2,1-2H3. The van der Waals surface area contributed by atoms with Crippen molar-refractivity contribution >= 4 is 11.6 Å². The number of ether oxygens (including phenoxy) is 1. The van der Waals surface area contributed by atoms with E-state index >= 15 is 0 Å². The summed E-state index contributed by atoms with van der Waals surface area (Å²) in [4.78, 5) is 2.36. The molecule has 1 unspecified atom stereocenters. The smallest absolute Gasteiger partial charge is 0.175 e. The Morgan fingerprint density at radius 1 is 1.62 bits per heavy atom. The third-order valence-corrected chi connectivity index (χ3v) is 3.50. The fourth-order valence-corrected chi connectivity index (χ4v) is 2.52. The number of hydrogen-bond donors (Lipinski definition) is 0. The van der Waals surface area contributed by atoms with Crippen molar-refractivity contribution in [2.75, 3.05) is 27.2 Å². The van der Waals surface area contributed by atoms with E-state index in [9.17, 15) is 0 Å². The summed E-state index contributed by atoms with van der Waals surface area (Å²) in [7, 11) is 3.78. The molecule has 0 radical (unpaired) electrons. The first-order valence-electron chi connectivity index (χ1n) is 5.64. The molecule has 5 heteroatoms. The number of halogens is 1. The van der Waals surface area contributed by atoms with Crippen molar-refractivity contribution in [2.45, 2.75) is 19.4 Å². The van der Waals surface area contributed by atoms with Crippen LogP contribution in [-0.2, 0) is 6.54 Å². The van der Waals surface area contributed by atoms with Crippen LogP contribution in [-0.4, -0.2) is 41.9 Å². The summed E-state index contributed by atoms with van der Waals surface area (Å²) in [6.45, 7) is 3.21. The summed E-state index contributed by atoms with van der Waals surface area (Å²) in [6, 6.07) is 0. The number of piperidine rings is 1. The predicted octanol–water partition coefficient (Wildman–Crippen LogP) is 1.89. The number of methoxy groups -OCH3 is 1. The van der Waals surface area contributed by atoms with Gasteiger partial charge in [0.1, 0.15) is 0 Å². The van der Waals surface area contributed by atoms with Crippen LogP contribution in [0, 0.1) is 5.92 Å². The molecule has 2 heterocycles. The van der Waals surface area contributed by atoms with Crippen LogP contribution in [0.4, 0.5) is 0 Å². The second kappa shape index (κ2) is 5.06. The van der Waals surface area contributed by atoms with E-state index in [0.717, 1.165) is 13.1 Å². The van der Waals surface area contributed by atoms with Gasteiger partial charge in [-0.05, 0) is 32.4 Å². The fourth-order valence-electron chi connectivity index (χ4n) is 2.28. The molecular weight excluding hydrogens is 226 g/mol. The molecule has 1 saturated heterocycles. The molecule has 2 rings (SSSR count). The Morgan fingerprint density at radius 3 is 3.06 bits per heavy atom. The molecule has 16 heavy (non-hydrogen) atoms. The van der Waals surface area contributed by atoms with Crippen LogP contribution in [0.25, 0.3) is 0 Å². The van der Waals surface area contributed by atoms with Crippen molar-refractivity contribution < 1.29 is 4.74 Å². The highest BCUT2D eigenvalue weighted by molar-refractivity contribution is 6.31. The van der Waals surface area contributed by atoms with Crippen LogP contribution < -0.4 is 4.74 Å². The number of likely N-dealkylation sites (tertiary alicyclic amines) is 1. The minimum atomic E-state index is 0.607. The van der Waals surface area contributed by atoms with E-state index in [4.69, 9.17) is 16.3 Å². The Morgan fingerprint density at radius 2 is 2.44 bits per heavy atom. The first-order chi connectivity index (χ1) is 7.70. The molecule has 4 nitrogen and oxygen atoms in total. The van der Waals surface area contributed by atoms with E-state index in [-0.39, 0.29) is 0 Å². The number of nitrogens with zero attached hydrogens (tertiary/aromatic N) is 3. The summed E-state index contributed by atoms with van der Waals surface area (Å²) in [5.41, 5.74) is 0. The topological polar surface area (TPSA) is 30.3 Å². The quantitative estimate of drug-likeness (QED) is 0.812. The highest BCUT2D eigenvalue weighted by Crippen LogP contribution is 2.25. The van der Waals surface area contributed by atoms with Gasteiger partial charge in [-0.2, -0.15) is 5.10 Å². The Balaban J connectivity index is 2.00. The van der Waals surface area contributed by atoms with Gasteiger partial charge in [0, 0.05) is 13.1 Å². The van der Waals surface area contributed by atoms with Crippen molar-refractivity contribution in [1.82, 2.24) is 14.7 Å². The van der Waals surface area contributed by atoms with Crippen LogP contribution in [0.1, 0.15) is 12.8 Å². The van der Waals surface area contributed by atoms with Gasteiger partial charge in [-0.25, -0.2) is 0 Å². The Kier molecular flexibility index (Phi) is 3.71. The van der Waals surface area contributed by atoms with Crippen molar-refractivity contribution in [3.8, 4) is 5.75 Å². The van der Waals surface area contributed by atoms with Crippen molar-refractivity contribution in [2.24, 2.45) is 5.92 Å². The summed E-state index contributed by atoms with van der Waals surface area (Å²) in [5.74, 6) is 1.30. The van der Waals surface area contributed by atoms with Crippen LogP contribution in [0.15, 0.2) is 6.20 Å². The SMILES string of the molecule is COc1cnn(CC2CCCN(C)C2)c1Cl. The zero-order valence-corrected chi connectivity index (χ0v) is 10.6. The van der Waals surface area contributed by atoms with E-state index in [2.05, 4.69) is 17.0 Å². The average molecular weight is 244 g/mol. The van der Waals surface area contributed by atoms with E-state index in [1.165, 1.54) is 19.4 Å². The van der Waals surface area contributed by atoms with Crippen LogP contribution in [0.2, 0.25) is 5.15 Å². The van der Waals surface area contributed by atoms with Gasteiger partial charge in [0.25, 0.3) is 0 Å². The molecule has 0 saturated carbocycles. The molecule has 1 aromatic rings. The van der Waals surface area contributed by atoms with Gasteiger partial charge in [0.05, 0.1) is 13.3 Å². The second-order valence-corrected chi connectivity index (χ2v) is 4.81. The average Bonchev–Trinajstić information content (AvgIpc) is 2.60. The number of rotatable bonds is 3.